The quantitative estimate of drug-likeness (QED) is 0.922. The number of hydrogen-bond acceptors (Lipinski definition) is 4. The first-order valence-electron chi connectivity index (χ1n) is 7.95. The van der Waals surface area contributed by atoms with Crippen LogP contribution in [0.3, 0.4) is 0 Å². The number of benzene rings is 1. The van der Waals surface area contributed by atoms with E-state index in [1.54, 1.807) is 0 Å². The topological polar surface area (TPSA) is 75.5 Å². The Morgan fingerprint density at radius 2 is 2.12 bits per heavy atom. The van der Waals surface area contributed by atoms with Gasteiger partial charge in [0.2, 0.25) is 0 Å². The first-order valence-corrected chi connectivity index (χ1v) is 7.95. The van der Waals surface area contributed by atoms with Crippen molar-refractivity contribution >= 4 is 6.09 Å². The van der Waals surface area contributed by atoms with E-state index in [2.05, 4.69) is 5.16 Å². The first kappa shape index (κ1) is 17.2. The number of rotatable bonds is 3. The number of likely N-dealkylation sites (tertiary alicyclic amines) is 1. The number of aromatic nitrogens is 1. The predicted octanol–water partition coefficient (Wildman–Crippen LogP) is 2.80. The molecule has 1 aliphatic rings. The summed E-state index contributed by atoms with van der Waals surface area (Å²) >= 11 is 0. The van der Waals surface area contributed by atoms with Crippen LogP contribution >= 0.6 is 0 Å². The number of hydrogen-bond donors (Lipinski definition) is 1. The number of aromatic amines is 1. The van der Waals surface area contributed by atoms with Crippen LogP contribution in [0.4, 0.5) is 13.6 Å². The summed E-state index contributed by atoms with van der Waals surface area (Å²) in [5.41, 5.74) is -0.417. The average Bonchev–Trinajstić information content (AvgIpc) is 3.04. The third kappa shape index (κ3) is 3.57. The molecule has 2 aromatic rings. The first-order chi connectivity index (χ1) is 12.0. The zero-order valence-corrected chi connectivity index (χ0v) is 13.6. The summed E-state index contributed by atoms with van der Waals surface area (Å²) in [5.74, 6) is -0.951. The molecule has 0 saturated carbocycles. The Labute approximate surface area is 142 Å². The van der Waals surface area contributed by atoms with Gasteiger partial charge in [0.05, 0.1) is 7.11 Å². The van der Waals surface area contributed by atoms with Gasteiger partial charge in [-0.25, -0.2) is 13.6 Å². The normalized spacial score (nSPS) is 20.5. The minimum Gasteiger partial charge on any atom is -0.453 e. The molecule has 134 valence electrons. The molecule has 1 aliphatic heterocycles. The van der Waals surface area contributed by atoms with Crippen LogP contribution in [0.5, 0.6) is 0 Å². The number of H-pyrrole nitrogens is 1. The maximum atomic E-state index is 14.0. The highest BCUT2D eigenvalue weighted by Crippen LogP contribution is 2.33. The number of halogens is 2. The number of nitrogens with zero attached hydrogens (tertiary/aromatic N) is 1. The highest BCUT2D eigenvalue weighted by Gasteiger charge is 2.35. The number of methoxy groups -OCH3 is 1. The van der Waals surface area contributed by atoms with E-state index in [0.29, 0.717) is 25.1 Å². The Hall–Kier alpha value is -2.64. The lowest BCUT2D eigenvalue weighted by Crippen LogP contribution is -2.46. The highest BCUT2D eigenvalue weighted by atomic mass is 19.1. The lowest BCUT2D eigenvalue weighted by molar-refractivity contribution is 0.0811. The Morgan fingerprint density at radius 3 is 2.72 bits per heavy atom. The zero-order chi connectivity index (χ0) is 18.0. The molecule has 1 aromatic carbocycles. The second-order valence-corrected chi connectivity index (χ2v) is 6.06. The molecule has 0 bridgehead atoms. The van der Waals surface area contributed by atoms with Crippen LogP contribution in [0.2, 0.25) is 0 Å². The largest absolute Gasteiger partial charge is 0.453 e. The molecule has 1 aromatic heterocycles. The van der Waals surface area contributed by atoms with Crippen molar-refractivity contribution in [2.45, 2.75) is 31.2 Å². The van der Waals surface area contributed by atoms with E-state index in [0.717, 1.165) is 0 Å². The number of ether oxygens (including phenoxy) is 1. The van der Waals surface area contributed by atoms with Gasteiger partial charge < -0.3 is 14.2 Å². The van der Waals surface area contributed by atoms with E-state index in [1.807, 2.05) is 0 Å². The molecule has 0 radical (unpaired) electrons. The second-order valence-electron chi connectivity index (χ2n) is 6.06. The van der Waals surface area contributed by atoms with Crippen molar-refractivity contribution in [1.29, 1.82) is 0 Å². The van der Waals surface area contributed by atoms with Crippen LogP contribution in [0, 0.1) is 11.6 Å². The fourth-order valence-corrected chi connectivity index (χ4v) is 3.32. The number of amides is 1. The van der Waals surface area contributed by atoms with Crippen molar-refractivity contribution < 1.29 is 22.8 Å². The Morgan fingerprint density at radius 1 is 1.40 bits per heavy atom. The van der Waals surface area contributed by atoms with Gasteiger partial charge in [0.25, 0.3) is 5.56 Å². The highest BCUT2D eigenvalue weighted by molar-refractivity contribution is 5.68. The summed E-state index contributed by atoms with van der Waals surface area (Å²) in [7, 11) is 1.26. The van der Waals surface area contributed by atoms with Crippen molar-refractivity contribution in [3.63, 3.8) is 0 Å². The van der Waals surface area contributed by atoms with Crippen LogP contribution in [-0.2, 0) is 11.2 Å². The van der Waals surface area contributed by atoms with Crippen molar-refractivity contribution in [3.05, 3.63) is 57.6 Å². The Kier molecular flexibility index (Phi) is 4.87. The molecule has 1 saturated heterocycles. The monoisotopic (exact) mass is 352 g/mol. The molecular weight excluding hydrogens is 334 g/mol. The fraction of sp³-hybridized carbons (Fsp3) is 0.412. The zero-order valence-electron chi connectivity index (χ0n) is 13.6. The maximum absolute atomic E-state index is 14.0. The van der Waals surface area contributed by atoms with Crippen molar-refractivity contribution in [2.24, 2.45) is 0 Å². The van der Waals surface area contributed by atoms with Gasteiger partial charge >= 0.3 is 6.09 Å². The van der Waals surface area contributed by atoms with Crippen LogP contribution in [0.1, 0.15) is 30.1 Å². The molecule has 6 nitrogen and oxygen atoms in total. The molecule has 3 rings (SSSR count). The number of carbonyl (C=O) groups is 1. The molecule has 8 heteroatoms. The Balaban J connectivity index is 1.86. The van der Waals surface area contributed by atoms with E-state index in [4.69, 9.17) is 9.26 Å². The van der Waals surface area contributed by atoms with E-state index in [-0.39, 0.29) is 23.5 Å². The molecular formula is C17H18F2N2O4. The van der Waals surface area contributed by atoms with Crippen LogP contribution < -0.4 is 5.56 Å². The summed E-state index contributed by atoms with van der Waals surface area (Å²) in [4.78, 5) is 24.8. The minimum atomic E-state index is -0.653. The van der Waals surface area contributed by atoms with Gasteiger partial charge in [0.1, 0.15) is 17.4 Å². The molecule has 0 spiro atoms. The van der Waals surface area contributed by atoms with Crippen LogP contribution in [-0.4, -0.2) is 35.8 Å². The van der Waals surface area contributed by atoms with Gasteiger partial charge in [-0.05, 0) is 31.4 Å². The van der Waals surface area contributed by atoms with Gasteiger partial charge in [0, 0.05) is 30.1 Å². The van der Waals surface area contributed by atoms with Crippen LogP contribution in [0.15, 0.2) is 33.6 Å². The minimum absolute atomic E-state index is 0.0127. The summed E-state index contributed by atoms with van der Waals surface area (Å²) in [6.07, 6.45) is 0.435. The predicted molar refractivity (Wildman–Crippen MR) is 84.3 cm³/mol. The van der Waals surface area contributed by atoms with Crippen molar-refractivity contribution in [3.8, 4) is 0 Å². The molecule has 2 heterocycles. The summed E-state index contributed by atoms with van der Waals surface area (Å²) < 4.78 is 37.9. The molecule has 1 fully saturated rings. The van der Waals surface area contributed by atoms with Gasteiger partial charge in [0.15, 0.2) is 0 Å². The van der Waals surface area contributed by atoms with Gasteiger partial charge in [-0.1, -0.05) is 6.07 Å². The van der Waals surface area contributed by atoms with Gasteiger partial charge in [-0.2, -0.15) is 5.16 Å². The third-order valence-corrected chi connectivity index (χ3v) is 4.57. The van der Waals surface area contributed by atoms with Crippen LogP contribution in [0.25, 0.3) is 0 Å². The number of nitrogens with one attached hydrogen (secondary N) is 1. The molecule has 2 unspecified atom stereocenters. The molecule has 25 heavy (non-hydrogen) atoms. The SMILES string of the molecule is COC(=O)N1CCC(c2cc(=O)[nH]o2)CC1Cc1c(F)cccc1F. The fourth-order valence-electron chi connectivity index (χ4n) is 3.32. The van der Waals surface area contributed by atoms with E-state index in [1.165, 1.54) is 36.3 Å². The lowest BCUT2D eigenvalue weighted by Gasteiger charge is -2.38. The summed E-state index contributed by atoms with van der Waals surface area (Å²) in [6.45, 7) is 0.340. The summed E-state index contributed by atoms with van der Waals surface area (Å²) in [6, 6.07) is 4.56. The molecule has 0 aliphatic carbocycles. The Bertz CT molecular complexity index is 797. The van der Waals surface area contributed by atoms with Gasteiger partial charge in [-0.15, -0.1) is 0 Å². The number of piperidine rings is 1. The molecule has 2 atom stereocenters. The maximum Gasteiger partial charge on any atom is 0.409 e. The van der Waals surface area contributed by atoms with E-state index in [9.17, 15) is 18.4 Å². The van der Waals surface area contributed by atoms with Crippen molar-refractivity contribution in [1.82, 2.24) is 10.1 Å². The molecule has 1 N–H and O–H groups in total. The number of carbonyl (C=O) groups excluding carboxylic acids is 1. The van der Waals surface area contributed by atoms with Gasteiger partial charge in [-0.3, -0.25) is 4.79 Å². The summed E-state index contributed by atoms with van der Waals surface area (Å²) in [5, 5.41) is 2.24. The average molecular weight is 352 g/mol. The van der Waals surface area contributed by atoms with E-state index >= 15 is 0 Å². The standard InChI is InChI=1S/C17H18F2N2O4/c1-24-17(23)21-6-5-10(15-9-16(22)20-25-15)7-11(21)8-12-13(18)3-2-4-14(12)19/h2-4,9-11H,5-8H2,1H3,(H,20,22). The smallest absolute Gasteiger partial charge is 0.409 e. The second kappa shape index (κ2) is 7.08. The van der Waals surface area contributed by atoms with Crippen molar-refractivity contribution in [2.75, 3.05) is 13.7 Å². The van der Waals surface area contributed by atoms with E-state index < -0.39 is 23.8 Å². The molecule has 1 amide bonds. The lowest BCUT2D eigenvalue weighted by atomic mass is 9.86. The third-order valence-electron chi connectivity index (χ3n) is 4.57.